The van der Waals surface area contributed by atoms with Crippen LogP contribution in [0.4, 0.5) is 8.78 Å². The molecule has 0 aliphatic heterocycles. The zero-order valence-corrected chi connectivity index (χ0v) is 13.7. The van der Waals surface area contributed by atoms with E-state index in [2.05, 4.69) is 5.32 Å². The zero-order valence-electron chi connectivity index (χ0n) is 12.9. The van der Waals surface area contributed by atoms with Gasteiger partial charge in [0.2, 0.25) is 0 Å². The standard InChI is InChI=1S/C18H17ClF2N2O/c19-15-11-18(14(12-22)10-16(15)21)24-17(6-8-23-9-7-20)13-4-2-1-3-5-13/h1-5,10-11,17,23H,6-9H2/t17-/m1/s1. The second kappa shape index (κ2) is 9.21. The minimum absolute atomic E-state index is 0.0783. The lowest BCUT2D eigenvalue weighted by Gasteiger charge is -2.21. The second-order valence-corrected chi connectivity index (χ2v) is 5.53. The van der Waals surface area contributed by atoms with Crippen LogP contribution in [0, 0.1) is 17.1 Å². The molecule has 0 aliphatic carbocycles. The molecule has 2 aromatic rings. The molecule has 2 rings (SSSR count). The van der Waals surface area contributed by atoms with Crippen LogP contribution in [-0.4, -0.2) is 19.8 Å². The van der Waals surface area contributed by atoms with Gasteiger partial charge in [-0.3, -0.25) is 0 Å². The third kappa shape index (κ3) is 4.92. The van der Waals surface area contributed by atoms with Gasteiger partial charge in [0.25, 0.3) is 0 Å². The molecule has 0 saturated carbocycles. The van der Waals surface area contributed by atoms with E-state index in [1.807, 2.05) is 36.4 Å². The maximum Gasteiger partial charge on any atom is 0.143 e. The Kier molecular flexibility index (Phi) is 6.98. The number of ether oxygens (including phenoxy) is 1. The topological polar surface area (TPSA) is 45.0 Å². The first kappa shape index (κ1) is 18.2. The van der Waals surface area contributed by atoms with Gasteiger partial charge in [-0.25, -0.2) is 8.78 Å². The Morgan fingerprint density at radius 3 is 2.62 bits per heavy atom. The highest BCUT2D eigenvalue weighted by Crippen LogP contribution is 2.31. The average molecular weight is 351 g/mol. The number of nitriles is 1. The lowest BCUT2D eigenvalue weighted by Crippen LogP contribution is -2.22. The highest BCUT2D eigenvalue weighted by Gasteiger charge is 2.17. The van der Waals surface area contributed by atoms with Crippen molar-refractivity contribution in [3.05, 3.63) is 64.4 Å². The van der Waals surface area contributed by atoms with Gasteiger partial charge in [0.05, 0.1) is 10.6 Å². The molecule has 3 nitrogen and oxygen atoms in total. The summed E-state index contributed by atoms with van der Waals surface area (Å²) in [6, 6.07) is 13.7. The van der Waals surface area contributed by atoms with Crippen molar-refractivity contribution >= 4 is 11.6 Å². The van der Waals surface area contributed by atoms with Crippen LogP contribution in [0.25, 0.3) is 0 Å². The number of alkyl halides is 1. The maximum atomic E-state index is 13.5. The van der Waals surface area contributed by atoms with Crippen LogP contribution in [0.1, 0.15) is 23.7 Å². The molecule has 0 bridgehead atoms. The zero-order chi connectivity index (χ0) is 17.4. The fourth-order valence-corrected chi connectivity index (χ4v) is 2.41. The van der Waals surface area contributed by atoms with Gasteiger partial charge in [-0.05, 0) is 18.2 Å². The average Bonchev–Trinajstić information content (AvgIpc) is 2.61. The molecule has 0 unspecified atom stereocenters. The van der Waals surface area contributed by atoms with Crippen LogP contribution in [0.15, 0.2) is 42.5 Å². The minimum Gasteiger partial charge on any atom is -0.484 e. The van der Waals surface area contributed by atoms with Crippen molar-refractivity contribution < 1.29 is 13.5 Å². The summed E-state index contributed by atoms with van der Waals surface area (Å²) in [5.41, 5.74) is 0.985. The van der Waals surface area contributed by atoms with Gasteiger partial charge in [-0.15, -0.1) is 0 Å². The van der Waals surface area contributed by atoms with Crippen molar-refractivity contribution in [2.24, 2.45) is 0 Å². The highest BCUT2D eigenvalue weighted by atomic mass is 35.5. The van der Waals surface area contributed by atoms with E-state index in [4.69, 9.17) is 21.6 Å². The van der Waals surface area contributed by atoms with Gasteiger partial charge >= 0.3 is 0 Å². The van der Waals surface area contributed by atoms with E-state index < -0.39 is 12.5 Å². The monoisotopic (exact) mass is 350 g/mol. The number of benzene rings is 2. The maximum absolute atomic E-state index is 13.5. The number of halogens is 3. The van der Waals surface area contributed by atoms with Gasteiger partial charge in [0.1, 0.15) is 30.4 Å². The molecular weight excluding hydrogens is 334 g/mol. The third-order valence-corrected chi connectivity index (χ3v) is 3.73. The molecule has 6 heteroatoms. The molecule has 0 spiro atoms. The van der Waals surface area contributed by atoms with Crippen LogP contribution in [0.5, 0.6) is 5.75 Å². The molecule has 2 aromatic carbocycles. The SMILES string of the molecule is N#Cc1cc(F)c(Cl)cc1O[C@H](CCNCCF)c1ccccc1. The number of hydrogen-bond donors (Lipinski definition) is 1. The first-order valence-electron chi connectivity index (χ1n) is 7.53. The number of rotatable bonds is 8. The summed E-state index contributed by atoms with van der Waals surface area (Å²) in [6.07, 6.45) is 0.191. The van der Waals surface area contributed by atoms with Crippen molar-refractivity contribution in [1.82, 2.24) is 5.32 Å². The van der Waals surface area contributed by atoms with Crippen molar-refractivity contribution in [3.63, 3.8) is 0 Å². The Hall–Kier alpha value is -2.16. The smallest absolute Gasteiger partial charge is 0.143 e. The molecule has 126 valence electrons. The Labute approximate surface area is 144 Å². The number of nitrogens with zero attached hydrogens (tertiary/aromatic N) is 1. The molecule has 0 saturated heterocycles. The summed E-state index contributed by atoms with van der Waals surface area (Å²) in [5, 5.41) is 12.0. The van der Waals surface area contributed by atoms with Crippen LogP contribution >= 0.6 is 11.6 Å². The predicted octanol–water partition coefficient (Wildman–Crippen LogP) is 4.42. The molecular formula is C18H17ClF2N2O. The number of nitrogens with one attached hydrogen (secondary N) is 1. The van der Waals surface area contributed by atoms with E-state index in [0.29, 0.717) is 13.0 Å². The summed E-state index contributed by atoms with van der Waals surface area (Å²) in [6.45, 7) is 0.372. The molecule has 0 amide bonds. The molecule has 1 N–H and O–H groups in total. The molecule has 0 heterocycles. The van der Waals surface area contributed by atoms with Crippen LogP contribution in [0.2, 0.25) is 5.02 Å². The summed E-state index contributed by atoms with van der Waals surface area (Å²) < 4.78 is 31.6. The third-order valence-electron chi connectivity index (χ3n) is 3.44. The normalized spacial score (nSPS) is 11.8. The van der Waals surface area contributed by atoms with Crippen LogP contribution in [0.3, 0.4) is 0 Å². The summed E-state index contributed by atoms with van der Waals surface area (Å²) in [5.74, 6) is -0.440. The van der Waals surface area contributed by atoms with Gasteiger partial charge in [0, 0.05) is 19.0 Å². The predicted molar refractivity (Wildman–Crippen MR) is 89.4 cm³/mol. The molecule has 0 aliphatic rings. The second-order valence-electron chi connectivity index (χ2n) is 5.12. The van der Waals surface area contributed by atoms with E-state index >= 15 is 0 Å². The quantitative estimate of drug-likeness (QED) is 0.717. The van der Waals surface area contributed by atoms with Gasteiger partial charge in [-0.2, -0.15) is 5.26 Å². The Balaban J connectivity index is 2.22. The van der Waals surface area contributed by atoms with E-state index in [0.717, 1.165) is 11.6 Å². The van der Waals surface area contributed by atoms with E-state index in [1.54, 1.807) is 0 Å². The van der Waals surface area contributed by atoms with E-state index in [9.17, 15) is 8.78 Å². The first-order chi connectivity index (χ1) is 11.7. The summed E-state index contributed by atoms with van der Waals surface area (Å²) in [4.78, 5) is 0. The minimum atomic E-state index is -0.665. The molecule has 0 aromatic heterocycles. The Morgan fingerprint density at radius 1 is 1.21 bits per heavy atom. The molecule has 1 atom stereocenters. The fraction of sp³-hybridized carbons (Fsp3) is 0.278. The largest absolute Gasteiger partial charge is 0.484 e. The highest BCUT2D eigenvalue weighted by molar-refractivity contribution is 6.30. The first-order valence-corrected chi connectivity index (χ1v) is 7.91. The van der Waals surface area contributed by atoms with E-state index in [1.165, 1.54) is 6.07 Å². The molecule has 24 heavy (non-hydrogen) atoms. The van der Waals surface area contributed by atoms with Crippen molar-refractivity contribution in [2.45, 2.75) is 12.5 Å². The van der Waals surface area contributed by atoms with Crippen LogP contribution < -0.4 is 10.1 Å². The molecule has 0 fully saturated rings. The molecule has 0 radical (unpaired) electrons. The Bertz CT molecular complexity index is 704. The van der Waals surface area contributed by atoms with Gasteiger partial charge in [-0.1, -0.05) is 41.9 Å². The fourth-order valence-electron chi connectivity index (χ4n) is 2.25. The number of hydrogen-bond acceptors (Lipinski definition) is 3. The van der Waals surface area contributed by atoms with Gasteiger partial charge in [0.15, 0.2) is 0 Å². The van der Waals surface area contributed by atoms with Crippen LogP contribution in [-0.2, 0) is 0 Å². The van der Waals surface area contributed by atoms with Crippen molar-refractivity contribution in [3.8, 4) is 11.8 Å². The lowest BCUT2D eigenvalue weighted by atomic mass is 10.1. The van der Waals surface area contributed by atoms with Crippen molar-refractivity contribution in [2.75, 3.05) is 19.8 Å². The lowest BCUT2D eigenvalue weighted by molar-refractivity contribution is 0.193. The van der Waals surface area contributed by atoms with E-state index in [-0.39, 0.29) is 29.0 Å². The summed E-state index contributed by atoms with van der Waals surface area (Å²) in [7, 11) is 0. The van der Waals surface area contributed by atoms with Gasteiger partial charge < -0.3 is 10.1 Å². The van der Waals surface area contributed by atoms with Crippen molar-refractivity contribution in [1.29, 1.82) is 5.26 Å². The Morgan fingerprint density at radius 2 is 1.96 bits per heavy atom. The summed E-state index contributed by atoms with van der Waals surface area (Å²) >= 11 is 5.80.